The fraction of sp³-hybridized carbons (Fsp3) is 0.312. The molecule has 1 aromatic rings. The van der Waals surface area contributed by atoms with Gasteiger partial charge >= 0.3 is 5.97 Å². The van der Waals surface area contributed by atoms with Crippen LogP contribution in [-0.4, -0.2) is 40.8 Å². The lowest BCUT2D eigenvalue weighted by molar-refractivity contribution is -0.141. The number of hydrogen-bond donors (Lipinski definition) is 2. The van der Waals surface area contributed by atoms with E-state index in [0.717, 1.165) is 18.6 Å². The number of amides is 1. The van der Waals surface area contributed by atoms with E-state index in [2.05, 4.69) is 5.32 Å². The van der Waals surface area contributed by atoms with Crippen molar-refractivity contribution < 1.29 is 23.9 Å². The standard InChI is InChI=1S/C16H15FN2O4/c17-10-4-2-9(3-5-10)14(22)13-11(8-12(20)21)16(23)19-7-1-6-18-15(13)19/h2-5,11,18H,1,6-8H2,(H,20,21)/t11-/m1/s1. The fourth-order valence-corrected chi connectivity index (χ4v) is 2.98. The molecule has 0 unspecified atom stereocenters. The van der Waals surface area contributed by atoms with Crippen LogP contribution in [0.25, 0.3) is 0 Å². The van der Waals surface area contributed by atoms with Crippen molar-refractivity contribution in [3.05, 3.63) is 47.0 Å². The summed E-state index contributed by atoms with van der Waals surface area (Å²) in [5.41, 5.74) is 0.384. The van der Waals surface area contributed by atoms with Gasteiger partial charge in [-0.15, -0.1) is 0 Å². The SMILES string of the molecule is O=C(O)C[C@H]1C(=O)N2CCCNC2=C1C(=O)c1ccc(F)cc1. The molecule has 23 heavy (non-hydrogen) atoms. The summed E-state index contributed by atoms with van der Waals surface area (Å²) in [4.78, 5) is 37.7. The van der Waals surface area contributed by atoms with Gasteiger partial charge in [0.1, 0.15) is 11.6 Å². The maximum absolute atomic E-state index is 13.0. The Bertz CT molecular complexity index is 711. The molecule has 0 spiro atoms. The third kappa shape index (κ3) is 2.69. The van der Waals surface area contributed by atoms with Crippen molar-refractivity contribution in [3.63, 3.8) is 0 Å². The van der Waals surface area contributed by atoms with Crippen molar-refractivity contribution in [1.29, 1.82) is 0 Å². The van der Waals surface area contributed by atoms with Crippen molar-refractivity contribution >= 4 is 17.7 Å². The Morgan fingerprint density at radius 3 is 2.65 bits per heavy atom. The quantitative estimate of drug-likeness (QED) is 0.813. The summed E-state index contributed by atoms with van der Waals surface area (Å²) in [6.07, 6.45) is 0.288. The number of carbonyl (C=O) groups excluding carboxylic acids is 2. The summed E-state index contributed by atoms with van der Waals surface area (Å²) in [7, 11) is 0. The molecule has 1 saturated heterocycles. The molecule has 120 valence electrons. The zero-order chi connectivity index (χ0) is 16.6. The number of nitrogens with one attached hydrogen (secondary N) is 1. The monoisotopic (exact) mass is 318 g/mol. The number of carboxylic acid groups (broad SMARTS) is 1. The second-order valence-electron chi connectivity index (χ2n) is 5.52. The number of aliphatic carboxylic acids is 1. The maximum Gasteiger partial charge on any atom is 0.304 e. The molecule has 0 saturated carbocycles. The first-order chi connectivity index (χ1) is 11.0. The number of carboxylic acids is 1. The van der Waals surface area contributed by atoms with E-state index < -0.39 is 29.9 Å². The number of hydrogen-bond acceptors (Lipinski definition) is 4. The molecule has 7 heteroatoms. The number of nitrogens with zero attached hydrogens (tertiary/aromatic N) is 1. The summed E-state index contributed by atoms with van der Waals surface area (Å²) >= 11 is 0. The van der Waals surface area contributed by atoms with Gasteiger partial charge in [-0.2, -0.15) is 0 Å². The first-order valence-corrected chi connectivity index (χ1v) is 7.30. The summed E-state index contributed by atoms with van der Waals surface area (Å²) < 4.78 is 13.0. The Kier molecular flexibility index (Phi) is 3.85. The first kappa shape index (κ1) is 15.2. The molecule has 2 aliphatic rings. The molecule has 1 fully saturated rings. The molecule has 1 aromatic carbocycles. The van der Waals surface area contributed by atoms with E-state index in [1.165, 1.54) is 17.0 Å². The van der Waals surface area contributed by atoms with Crippen LogP contribution in [0, 0.1) is 11.7 Å². The van der Waals surface area contributed by atoms with Crippen LogP contribution in [0.3, 0.4) is 0 Å². The van der Waals surface area contributed by atoms with E-state index >= 15 is 0 Å². The number of fused-ring (bicyclic) bond motifs is 1. The molecule has 2 aliphatic heterocycles. The molecule has 2 heterocycles. The van der Waals surface area contributed by atoms with Crippen LogP contribution < -0.4 is 5.32 Å². The van der Waals surface area contributed by atoms with Gasteiger partial charge < -0.3 is 10.4 Å². The topological polar surface area (TPSA) is 86.7 Å². The van der Waals surface area contributed by atoms with Crippen molar-refractivity contribution in [2.75, 3.05) is 13.1 Å². The van der Waals surface area contributed by atoms with Gasteiger partial charge in [0, 0.05) is 18.7 Å². The van der Waals surface area contributed by atoms with Crippen LogP contribution in [0.2, 0.25) is 0 Å². The number of rotatable bonds is 4. The lowest BCUT2D eigenvalue weighted by Gasteiger charge is -2.26. The third-order valence-corrected chi connectivity index (χ3v) is 4.02. The zero-order valence-corrected chi connectivity index (χ0v) is 12.2. The average Bonchev–Trinajstić information content (AvgIpc) is 2.80. The van der Waals surface area contributed by atoms with E-state index in [4.69, 9.17) is 5.11 Å². The Balaban J connectivity index is 2.03. The van der Waals surface area contributed by atoms with Gasteiger partial charge in [0.25, 0.3) is 0 Å². The van der Waals surface area contributed by atoms with E-state index in [0.29, 0.717) is 18.9 Å². The molecule has 0 radical (unpaired) electrons. The Hall–Kier alpha value is -2.70. The van der Waals surface area contributed by atoms with Crippen LogP contribution in [0.15, 0.2) is 35.7 Å². The molecule has 3 rings (SSSR count). The van der Waals surface area contributed by atoms with Gasteiger partial charge in [0.2, 0.25) is 5.91 Å². The van der Waals surface area contributed by atoms with Gasteiger partial charge in [-0.3, -0.25) is 19.3 Å². The van der Waals surface area contributed by atoms with E-state index in [1.807, 2.05) is 0 Å². The lowest BCUT2D eigenvalue weighted by atomic mass is 9.91. The van der Waals surface area contributed by atoms with Gasteiger partial charge in [0.05, 0.1) is 17.9 Å². The van der Waals surface area contributed by atoms with Crippen LogP contribution >= 0.6 is 0 Å². The van der Waals surface area contributed by atoms with E-state index in [-0.39, 0.29) is 17.0 Å². The number of Topliss-reactive ketones (excluding diaryl/α,β-unsaturated/α-hetero) is 1. The number of halogens is 1. The molecule has 0 bridgehead atoms. The van der Waals surface area contributed by atoms with Gasteiger partial charge in [-0.05, 0) is 30.7 Å². The molecule has 0 aromatic heterocycles. The number of benzene rings is 1. The highest BCUT2D eigenvalue weighted by Gasteiger charge is 2.44. The Morgan fingerprint density at radius 2 is 2.00 bits per heavy atom. The predicted molar refractivity (Wildman–Crippen MR) is 77.8 cm³/mol. The van der Waals surface area contributed by atoms with Crippen molar-refractivity contribution in [3.8, 4) is 0 Å². The minimum Gasteiger partial charge on any atom is -0.481 e. The smallest absolute Gasteiger partial charge is 0.304 e. The van der Waals surface area contributed by atoms with Crippen molar-refractivity contribution in [2.24, 2.45) is 5.92 Å². The first-order valence-electron chi connectivity index (χ1n) is 7.30. The molecule has 1 atom stereocenters. The summed E-state index contributed by atoms with van der Waals surface area (Å²) in [5.74, 6) is -3.06. The van der Waals surface area contributed by atoms with Crippen LogP contribution in [0.1, 0.15) is 23.2 Å². The minimum atomic E-state index is -1.15. The predicted octanol–water partition coefficient (Wildman–Crippen LogP) is 1.15. The molecule has 6 nitrogen and oxygen atoms in total. The van der Waals surface area contributed by atoms with Crippen LogP contribution in [-0.2, 0) is 9.59 Å². The summed E-state index contributed by atoms with van der Waals surface area (Å²) in [5, 5.41) is 12.1. The second kappa shape index (κ2) is 5.83. The van der Waals surface area contributed by atoms with Crippen LogP contribution in [0.5, 0.6) is 0 Å². The molecule has 0 aliphatic carbocycles. The number of carbonyl (C=O) groups is 3. The molecule has 1 amide bonds. The zero-order valence-electron chi connectivity index (χ0n) is 12.2. The van der Waals surface area contributed by atoms with Gasteiger partial charge in [-0.1, -0.05) is 0 Å². The maximum atomic E-state index is 13.0. The van der Waals surface area contributed by atoms with Crippen molar-refractivity contribution in [1.82, 2.24) is 10.2 Å². The third-order valence-electron chi connectivity index (χ3n) is 4.02. The van der Waals surface area contributed by atoms with E-state index in [1.54, 1.807) is 0 Å². The second-order valence-corrected chi connectivity index (χ2v) is 5.52. The van der Waals surface area contributed by atoms with Crippen molar-refractivity contribution in [2.45, 2.75) is 12.8 Å². The number of ketones is 1. The van der Waals surface area contributed by atoms with Gasteiger partial charge in [-0.25, -0.2) is 4.39 Å². The molecular weight excluding hydrogens is 303 g/mol. The highest BCUT2D eigenvalue weighted by molar-refractivity contribution is 6.14. The fourth-order valence-electron chi connectivity index (χ4n) is 2.98. The molecular formula is C16H15FN2O4. The summed E-state index contributed by atoms with van der Waals surface area (Å²) in [6, 6.07) is 4.99. The molecule has 2 N–H and O–H groups in total. The highest BCUT2D eigenvalue weighted by atomic mass is 19.1. The Morgan fingerprint density at radius 1 is 1.30 bits per heavy atom. The van der Waals surface area contributed by atoms with Gasteiger partial charge in [0.15, 0.2) is 5.78 Å². The minimum absolute atomic E-state index is 0.156. The largest absolute Gasteiger partial charge is 0.481 e. The lowest BCUT2D eigenvalue weighted by Crippen LogP contribution is -2.40. The van der Waals surface area contributed by atoms with E-state index in [9.17, 15) is 18.8 Å². The average molecular weight is 318 g/mol. The van der Waals surface area contributed by atoms with Crippen LogP contribution in [0.4, 0.5) is 4.39 Å². The normalized spacial score (nSPS) is 20.3. The Labute approximate surface area is 131 Å². The summed E-state index contributed by atoms with van der Waals surface area (Å²) in [6.45, 7) is 1.07. The highest BCUT2D eigenvalue weighted by Crippen LogP contribution is 2.34.